The van der Waals surface area contributed by atoms with Crippen molar-refractivity contribution in [3.63, 3.8) is 0 Å². The van der Waals surface area contributed by atoms with E-state index in [0.29, 0.717) is 37.4 Å². The van der Waals surface area contributed by atoms with Gasteiger partial charge in [-0.3, -0.25) is 0 Å². The van der Waals surface area contributed by atoms with Gasteiger partial charge in [-0.2, -0.15) is 5.26 Å². The van der Waals surface area contributed by atoms with Gasteiger partial charge < -0.3 is 15.8 Å². The molecule has 1 unspecified atom stereocenters. The second kappa shape index (κ2) is 8.35. The van der Waals surface area contributed by atoms with Gasteiger partial charge in [-0.25, -0.2) is 19.3 Å². The third-order valence-corrected chi connectivity index (χ3v) is 4.10. The summed E-state index contributed by atoms with van der Waals surface area (Å²) in [6.07, 6.45) is 3.87. The molecule has 0 bridgehead atoms. The number of aromatic nitrogens is 3. The van der Waals surface area contributed by atoms with Crippen molar-refractivity contribution in [3.8, 4) is 17.3 Å². The van der Waals surface area contributed by atoms with Crippen molar-refractivity contribution in [1.82, 2.24) is 15.0 Å². The molecule has 0 aromatic carbocycles. The number of hydrogen-bond acceptors (Lipinski definition) is 7. The second-order valence-corrected chi connectivity index (χ2v) is 5.70. The minimum atomic E-state index is -0.564. The van der Waals surface area contributed by atoms with Crippen molar-refractivity contribution in [1.29, 1.82) is 5.26 Å². The minimum absolute atomic E-state index is 0.00299. The highest BCUT2D eigenvalue weighted by molar-refractivity contribution is 5.63. The monoisotopic (exact) mass is 344 g/mol. The van der Waals surface area contributed by atoms with Crippen LogP contribution in [-0.4, -0.2) is 35.2 Å². The Morgan fingerprint density at radius 3 is 2.92 bits per heavy atom. The molecule has 0 spiro atoms. The molecule has 0 aliphatic carbocycles. The molecular formula is C17H21FN6O. The zero-order chi connectivity index (χ0) is 18.3. The van der Waals surface area contributed by atoms with E-state index >= 15 is 0 Å². The Morgan fingerprint density at radius 1 is 1.44 bits per heavy atom. The summed E-state index contributed by atoms with van der Waals surface area (Å²) in [5.74, 6) is -0.0392. The number of nitriles is 1. The standard InChI is InChI=1S/C17H21FN6O/c1-3-17(10-19,5-7-25-2)11-23-14-8-12(4-6-21-14)15-13(18)9-22-16(20)24-15/h4,6,8-9H,3,5,7,11H2,1-2H3,(H,21,23)(H2,20,22,24). The summed E-state index contributed by atoms with van der Waals surface area (Å²) < 4.78 is 19.0. The molecule has 0 amide bonds. The van der Waals surface area contributed by atoms with Gasteiger partial charge in [0.1, 0.15) is 11.5 Å². The van der Waals surface area contributed by atoms with E-state index < -0.39 is 11.2 Å². The molecule has 1 atom stereocenters. The van der Waals surface area contributed by atoms with Gasteiger partial charge in [0.2, 0.25) is 5.95 Å². The van der Waals surface area contributed by atoms with Crippen LogP contribution in [0.1, 0.15) is 19.8 Å². The molecule has 0 radical (unpaired) electrons. The highest BCUT2D eigenvalue weighted by Gasteiger charge is 2.27. The second-order valence-electron chi connectivity index (χ2n) is 5.70. The van der Waals surface area contributed by atoms with Crippen LogP contribution < -0.4 is 11.1 Å². The topological polar surface area (TPSA) is 110 Å². The SMILES string of the molecule is CCC(C#N)(CCOC)CNc1cc(-c2nc(N)ncc2F)ccn1. The fourth-order valence-corrected chi connectivity index (χ4v) is 2.38. The summed E-state index contributed by atoms with van der Waals surface area (Å²) >= 11 is 0. The van der Waals surface area contributed by atoms with Crippen LogP contribution in [0.4, 0.5) is 16.2 Å². The number of rotatable bonds is 8. The lowest BCUT2D eigenvalue weighted by atomic mass is 9.83. The van der Waals surface area contributed by atoms with Gasteiger partial charge in [0.25, 0.3) is 0 Å². The molecule has 0 saturated carbocycles. The smallest absolute Gasteiger partial charge is 0.220 e. The number of halogens is 1. The summed E-state index contributed by atoms with van der Waals surface area (Å²) in [5, 5.41) is 12.7. The van der Waals surface area contributed by atoms with E-state index in [1.807, 2.05) is 6.92 Å². The summed E-state index contributed by atoms with van der Waals surface area (Å²) in [6, 6.07) is 5.67. The number of anilines is 2. The van der Waals surface area contributed by atoms with Gasteiger partial charge in [-0.05, 0) is 25.0 Å². The summed E-state index contributed by atoms with van der Waals surface area (Å²) in [7, 11) is 1.61. The van der Waals surface area contributed by atoms with Crippen molar-refractivity contribution >= 4 is 11.8 Å². The Bertz CT molecular complexity index is 763. The van der Waals surface area contributed by atoms with Crippen molar-refractivity contribution < 1.29 is 9.13 Å². The van der Waals surface area contributed by atoms with Crippen molar-refractivity contribution in [2.75, 3.05) is 31.3 Å². The van der Waals surface area contributed by atoms with Gasteiger partial charge in [0.15, 0.2) is 5.82 Å². The number of nitrogen functional groups attached to an aromatic ring is 1. The third-order valence-electron chi connectivity index (χ3n) is 4.10. The van der Waals surface area contributed by atoms with Gasteiger partial charge in [0, 0.05) is 32.0 Å². The Kier molecular flexibility index (Phi) is 6.19. The Labute approximate surface area is 146 Å². The molecule has 7 nitrogen and oxygen atoms in total. The Balaban J connectivity index is 2.19. The van der Waals surface area contributed by atoms with Crippen molar-refractivity contribution in [2.24, 2.45) is 5.41 Å². The zero-order valence-corrected chi connectivity index (χ0v) is 14.3. The maximum Gasteiger partial charge on any atom is 0.220 e. The molecule has 2 aromatic heterocycles. The summed E-state index contributed by atoms with van der Waals surface area (Å²) in [6.45, 7) is 2.87. The number of ether oxygens (including phenoxy) is 1. The van der Waals surface area contributed by atoms with E-state index in [4.69, 9.17) is 10.5 Å². The molecule has 2 rings (SSSR count). The number of nitrogens with one attached hydrogen (secondary N) is 1. The number of nitrogens with two attached hydrogens (primary N) is 1. The number of methoxy groups -OCH3 is 1. The molecule has 0 aliphatic heterocycles. The first-order chi connectivity index (χ1) is 12.0. The van der Waals surface area contributed by atoms with E-state index in [0.717, 1.165) is 6.20 Å². The summed E-state index contributed by atoms with van der Waals surface area (Å²) in [5.41, 5.74) is 5.61. The third kappa shape index (κ3) is 4.61. The number of pyridine rings is 1. The van der Waals surface area contributed by atoms with Crippen LogP contribution in [-0.2, 0) is 4.74 Å². The highest BCUT2D eigenvalue weighted by Crippen LogP contribution is 2.27. The molecule has 2 heterocycles. The van der Waals surface area contributed by atoms with E-state index in [1.165, 1.54) is 0 Å². The molecule has 3 N–H and O–H groups in total. The number of hydrogen-bond donors (Lipinski definition) is 2. The minimum Gasteiger partial charge on any atom is -0.385 e. The fraction of sp³-hybridized carbons (Fsp3) is 0.412. The van der Waals surface area contributed by atoms with Gasteiger partial charge >= 0.3 is 0 Å². The van der Waals surface area contributed by atoms with Crippen LogP contribution >= 0.6 is 0 Å². The lowest BCUT2D eigenvalue weighted by Gasteiger charge is -2.25. The first-order valence-electron chi connectivity index (χ1n) is 7.92. The quantitative estimate of drug-likeness (QED) is 0.757. The molecule has 25 heavy (non-hydrogen) atoms. The van der Waals surface area contributed by atoms with Crippen LogP contribution in [0.5, 0.6) is 0 Å². The molecule has 0 fully saturated rings. The lowest BCUT2D eigenvalue weighted by Crippen LogP contribution is -2.29. The first-order valence-corrected chi connectivity index (χ1v) is 7.92. The van der Waals surface area contributed by atoms with Crippen LogP contribution in [0.2, 0.25) is 0 Å². The van der Waals surface area contributed by atoms with Crippen molar-refractivity contribution in [3.05, 3.63) is 30.3 Å². The van der Waals surface area contributed by atoms with Gasteiger partial charge in [0.05, 0.1) is 17.7 Å². The highest BCUT2D eigenvalue weighted by atomic mass is 19.1. The lowest BCUT2D eigenvalue weighted by molar-refractivity contribution is 0.161. The van der Waals surface area contributed by atoms with E-state index in [1.54, 1.807) is 25.4 Å². The molecule has 8 heteroatoms. The predicted molar refractivity (Wildman–Crippen MR) is 93.0 cm³/mol. The molecule has 0 aliphatic rings. The molecule has 2 aromatic rings. The first kappa shape index (κ1) is 18.5. The number of nitrogens with zero attached hydrogens (tertiary/aromatic N) is 4. The Hall–Kier alpha value is -2.79. The molecular weight excluding hydrogens is 323 g/mol. The zero-order valence-electron chi connectivity index (χ0n) is 14.3. The predicted octanol–water partition coefficient (Wildman–Crippen LogP) is 2.63. The summed E-state index contributed by atoms with van der Waals surface area (Å²) in [4.78, 5) is 11.8. The van der Waals surface area contributed by atoms with Gasteiger partial charge in [-0.1, -0.05) is 6.92 Å². The molecule has 0 saturated heterocycles. The van der Waals surface area contributed by atoms with Crippen LogP contribution in [0.25, 0.3) is 11.3 Å². The maximum atomic E-state index is 13.9. The van der Waals surface area contributed by atoms with E-state index in [2.05, 4.69) is 26.3 Å². The van der Waals surface area contributed by atoms with Crippen LogP contribution in [0.3, 0.4) is 0 Å². The van der Waals surface area contributed by atoms with E-state index in [9.17, 15) is 9.65 Å². The average Bonchev–Trinajstić information content (AvgIpc) is 2.65. The fourth-order valence-electron chi connectivity index (χ4n) is 2.38. The van der Waals surface area contributed by atoms with Crippen LogP contribution in [0.15, 0.2) is 24.5 Å². The maximum absolute atomic E-state index is 13.9. The average molecular weight is 344 g/mol. The largest absolute Gasteiger partial charge is 0.385 e. The van der Waals surface area contributed by atoms with Crippen LogP contribution in [0, 0.1) is 22.6 Å². The van der Waals surface area contributed by atoms with Crippen molar-refractivity contribution in [2.45, 2.75) is 19.8 Å². The molecule has 132 valence electrons. The Morgan fingerprint density at radius 2 is 2.24 bits per heavy atom. The van der Waals surface area contributed by atoms with E-state index in [-0.39, 0.29) is 11.6 Å². The van der Waals surface area contributed by atoms with Gasteiger partial charge in [-0.15, -0.1) is 0 Å². The normalized spacial score (nSPS) is 13.0.